The number of non-ortho nitro benzene ring substituents is 1. The molecule has 0 saturated heterocycles. The summed E-state index contributed by atoms with van der Waals surface area (Å²) in [5.74, 6) is 0.806. The molecule has 0 bridgehead atoms. The van der Waals surface area contributed by atoms with Crippen LogP contribution in [0.4, 0.5) is 10.5 Å². The van der Waals surface area contributed by atoms with E-state index in [1.54, 1.807) is 25.1 Å². The van der Waals surface area contributed by atoms with E-state index in [1.807, 2.05) is 0 Å². The van der Waals surface area contributed by atoms with Gasteiger partial charge in [-0.3, -0.25) is 10.1 Å². The van der Waals surface area contributed by atoms with Gasteiger partial charge in [0, 0.05) is 12.1 Å². The van der Waals surface area contributed by atoms with Crippen LogP contribution >= 0.6 is 0 Å². The third kappa shape index (κ3) is 3.51. The van der Waals surface area contributed by atoms with E-state index in [9.17, 15) is 14.9 Å². The summed E-state index contributed by atoms with van der Waals surface area (Å²) in [5.41, 5.74) is 0.612. The third-order valence-electron chi connectivity index (χ3n) is 2.83. The molecular formula is C15H13NO6. The lowest BCUT2D eigenvalue weighted by molar-refractivity contribution is -0.384. The molecule has 0 atom stereocenters. The molecule has 7 heteroatoms. The van der Waals surface area contributed by atoms with E-state index in [-0.39, 0.29) is 17.2 Å². The monoisotopic (exact) mass is 303 g/mol. The molecule has 0 unspecified atom stereocenters. The third-order valence-corrected chi connectivity index (χ3v) is 2.83. The summed E-state index contributed by atoms with van der Waals surface area (Å²) in [5, 5.41) is 10.5. The molecule has 114 valence electrons. The number of carbonyl (C=O) groups excluding carboxylic acids is 1. The summed E-state index contributed by atoms with van der Waals surface area (Å²) in [6.45, 7) is 1.76. The summed E-state index contributed by atoms with van der Waals surface area (Å²) < 4.78 is 15.2. The van der Waals surface area contributed by atoms with Crippen molar-refractivity contribution in [3.8, 4) is 17.2 Å². The van der Waals surface area contributed by atoms with Gasteiger partial charge in [-0.2, -0.15) is 0 Å². The maximum Gasteiger partial charge on any atom is 0.519 e. The molecule has 0 N–H and O–H groups in total. The molecule has 22 heavy (non-hydrogen) atoms. The van der Waals surface area contributed by atoms with Crippen LogP contribution in [0.1, 0.15) is 5.56 Å². The largest absolute Gasteiger partial charge is 0.519 e. The number of carbonyl (C=O) groups is 1. The highest BCUT2D eigenvalue weighted by Gasteiger charge is 2.15. The summed E-state index contributed by atoms with van der Waals surface area (Å²) in [4.78, 5) is 21.8. The number of rotatable bonds is 4. The number of methoxy groups -OCH3 is 1. The molecule has 2 rings (SSSR count). The van der Waals surface area contributed by atoms with Crippen molar-refractivity contribution in [1.29, 1.82) is 0 Å². The Kier molecular flexibility index (Phi) is 4.57. The van der Waals surface area contributed by atoms with Crippen molar-refractivity contribution in [1.82, 2.24) is 0 Å². The van der Waals surface area contributed by atoms with Gasteiger partial charge in [-0.1, -0.05) is 12.1 Å². The van der Waals surface area contributed by atoms with E-state index in [0.717, 1.165) is 0 Å². The van der Waals surface area contributed by atoms with Crippen molar-refractivity contribution in [3.05, 3.63) is 58.1 Å². The molecule has 2 aromatic carbocycles. The summed E-state index contributed by atoms with van der Waals surface area (Å²) in [6.07, 6.45) is -0.957. The normalized spacial score (nSPS) is 9.91. The lowest BCUT2D eigenvalue weighted by Gasteiger charge is -2.11. The van der Waals surface area contributed by atoms with Gasteiger partial charge in [-0.05, 0) is 30.7 Å². The van der Waals surface area contributed by atoms with Gasteiger partial charge in [0.05, 0.1) is 12.0 Å². The number of ether oxygens (including phenoxy) is 3. The Labute approximate surface area is 126 Å². The Balaban J connectivity index is 2.09. The Morgan fingerprint density at radius 1 is 1.09 bits per heavy atom. The van der Waals surface area contributed by atoms with Crippen LogP contribution in [0.2, 0.25) is 0 Å². The van der Waals surface area contributed by atoms with Crippen LogP contribution in [0.15, 0.2) is 42.5 Å². The second kappa shape index (κ2) is 6.57. The van der Waals surface area contributed by atoms with E-state index in [2.05, 4.69) is 0 Å². The topological polar surface area (TPSA) is 87.9 Å². The number of nitro benzene ring substituents is 1. The van der Waals surface area contributed by atoms with Gasteiger partial charge in [0.15, 0.2) is 11.5 Å². The predicted molar refractivity (Wildman–Crippen MR) is 77.5 cm³/mol. The molecule has 0 radical (unpaired) electrons. The van der Waals surface area contributed by atoms with Crippen LogP contribution < -0.4 is 14.2 Å². The quantitative estimate of drug-likeness (QED) is 0.372. The molecule has 0 spiro atoms. The van der Waals surface area contributed by atoms with Gasteiger partial charge in [0.2, 0.25) is 0 Å². The van der Waals surface area contributed by atoms with Crippen LogP contribution in [-0.4, -0.2) is 18.2 Å². The SMILES string of the molecule is COc1cccc(C)c1OC(=O)Oc1ccc([N+](=O)[O-])cc1. The second-order valence-electron chi connectivity index (χ2n) is 4.31. The fourth-order valence-corrected chi connectivity index (χ4v) is 1.75. The van der Waals surface area contributed by atoms with E-state index in [1.165, 1.54) is 31.4 Å². The van der Waals surface area contributed by atoms with Crippen molar-refractivity contribution < 1.29 is 23.9 Å². The number of benzene rings is 2. The van der Waals surface area contributed by atoms with E-state index in [0.29, 0.717) is 11.3 Å². The average Bonchev–Trinajstić information content (AvgIpc) is 2.49. The van der Waals surface area contributed by atoms with E-state index >= 15 is 0 Å². The van der Waals surface area contributed by atoms with Gasteiger partial charge >= 0.3 is 6.16 Å². The van der Waals surface area contributed by atoms with Gasteiger partial charge in [0.1, 0.15) is 5.75 Å². The summed E-state index contributed by atoms with van der Waals surface area (Å²) in [7, 11) is 1.46. The Bertz CT molecular complexity index is 696. The zero-order valence-electron chi connectivity index (χ0n) is 11.9. The molecule has 7 nitrogen and oxygen atoms in total. The highest BCUT2D eigenvalue weighted by atomic mass is 16.7. The predicted octanol–water partition coefficient (Wildman–Crippen LogP) is 3.49. The van der Waals surface area contributed by atoms with Crippen LogP contribution in [0.5, 0.6) is 17.2 Å². The fraction of sp³-hybridized carbons (Fsp3) is 0.133. The molecule has 0 fully saturated rings. The first-order valence-electron chi connectivity index (χ1n) is 6.29. The number of para-hydroxylation sites is 1. The lowest BCUT2D eigenvalue weighted by Crippen LogP contribution is -2.15. The molecule has 0 saturated carbocycles. The number of hydrogen-bond acceptors (Lipinski definition) is 6. The van der Waals surface area contributed by atoms with E-state index < -0.39 is 11.1 Å². The highest BCUT2D eigenvalue weighted by Crippen LogP contribution is 2.30. The summed E-state index contributed by atoms with van der Waals surface area (Å²) >= 11 is 0. The maximum absolute atomic E-state index is 11.8. The van der Waals surface area contributed by atoms with Gasteiger partial charge < -0.3 is 14.2 Å². The number of nitro groups is 1. The molecule has 0 aliphatic rings. The standard InChI is InChI=1S/C15H13NO6/c1-10-4-3-5-13(20-2)14(10)22-15(17)21-12-8-6-11(7-9-12)16(18)19/h3-9H,1-2H3. The molecule has 0 amide bonds. The first-order chi connectivity index (χ1) is 10.5. The minimum atomic E-state index is -0.957. The molecule has 0 aliphatic heterocycles. The molecule has 2 aromatic rings. The van der Waals surface area contributed by atoms with Crippen LogP contribution in [0.3, 0.4) is 0 Å². The molecular weight excluding hydrogens is 290 g/mol. The van der Waals surface area contributed by atoms with Crippen molar-refractivity contribution in [2.45, 2.75) is 6.92 Å². The molecule has 0 aliphatic carbocycles. The van der Waals surface area contributed by atoms with Gasteiger partial charge in [-0.15, -0.1) is 0 Å². The first-order valence-corrected chi connectivity index (χ1v) is 6.29. The fourth-order valence-electron chi connectivity index (χ4n) is 1.75. The Morgan fingerprint density at radius 3 is 2.36 bits per heavy atom. The zero-order chi connectivity index (χ0) is 16.1. The van der Waals surface area contributed by atoms with Crippen molar-refractivity contribution >= 4 is 11.8 Å². The van der Waals surface area contributed by atoms with Gasteiger partial charge in [-0.25, -0.2) is 4.79 Å². The highest BCUT2D eigenvalue weighted by molar-refractivity contribution is 5.69. The summed E-state index contributed by atoms with van der Waals surface area (Å²) in [6, 6.07) is 10.3. The molecule has 0 aromatic heterocycles. The molecule has 0 heterocycles. The average molecular weight is 303 g/mol. The minimum absolute atomic E-state index is 0.0960. The number of nitrogens with zero attached hydrogens (tertiary/aromatic N) is 1. The van der Waals surface area contributed by atoms with Crippen molar-refractivity contribution in [3.63, 3.8) is 0 Å². The number of hydrogen-bond donors (Lipinski definition) is 0. The minimum Gasteiger partial charge on any atom is -0.493 e. The number of aryl methyl sites for hydroxylation is 1. The second-order valence-corrected chi connectivity index (χ2v) is 4.31. The maximum atomic E-state index is 11.8. The zero-order valence-corrected chi connectivity index (χ0v) is 11.9. The smallest absolute Gasteiger partial charge is 0.493 e. The first kappa shape index (κ1) is 15.3. The van der Waals surface area contributed by atoms with Crippen LogP contribution in [0.25, 0.3) is 0 Å². The lowest BCUT2D eigenvalue weighted by atomic mass is 10.2. The van der Waals surface area contributed by atoms with Crippen LogP contribution in [0, 0.1) is 17.0 Å². The Hall–Kier alpha value is -3.09. The Morgan fingerprint density at radius 2 is 1.77 bits per heavy atom. The van der Waals surface area contributed by atoms with E-state index in [4.69, 9.17) is 14.2 Å². The van der Waals surface area contributed by atoms with Crippen LogP contribution in [-0.2, 0) is 0 Å². The van der Waals surface area contributed by atoms with Gasteiger partial charge in [0.25, 0.3) is 5.69 Å². The van der Waals surface area contributed by atoms with Crippen molar-refractivity contribution in [2.24, 2.45) is 0 Å². The van der Waals surface area contributed by atoms with Crippen molar-refractivity contribution in [2.75, 3.05) is 7.11 Å².